The molecule has 116 valence electrons. The molecule has 0 bridgehead atoms. The smallest absolute Gasteiger partial charge is 0.294 e. The average Bonchev–Trinajstić information content (AvgIpc) is 2.90. The summed E-state index contributed by atoms with van der Waals surface area (Å²) in [5.41, 5.74) is 16.6. The van der Waals surface area contributed by atoms with Crippen molar-refractivity contribution in [3.05, 3.63) is 47.5 Å². The maximum atomic E-state index is 5.56. The molecular formula is C17H22N4O. The molecule has 1 heterocycles. The third-order valence-corrected chi connectivity index (χ3v) is 3.33. The number of para-hydroxylation sites is 2. The predicted molar refractivity (Wildman–Crippen MR) is 92.0 cm³/mol. The number of H-pyrrole nitrogens is 1. The first-order valence-electron chi connectivity index (χ1n) is 7.21. The Morgan fingerprint density at radius 1 is 1.05 bits per heavy atom. The van der Waals surface area contributed by atoms with E-state index in [0.717, 1.165) is 16.6 Å². The minimum atomic E-state index is 0.604. The quantitative estimate of drug-likeness (QED) is 0.632. The summed E-state index contributed by atoms with van der Waals surface area (Å²) >= 11 is 0. The molecule has 0 saturated heterocycles. The second-order valence-corrected chi connectivity index (χ2v) is 5.02. The summed E-state index contributed by atoms with van der Waals surface area (Å²) < 4.78 is 5.28. The van der Waals surface area contributed by atoms with Gasteiger partial charge in [0.25, 0.3) is 6.01 Å². The van der Waals surface area contributed by atoms with Crippen molar-refractivity contribution in [3.8, 4) is 6.01 Å². The number of nitrogen functional groups attached to an aromatic ring is 2. The van der Waals surface area contributed by atoms with Crippen LogP contribution in [0.3, 0.4) is 0 Å². The molecule has 5 nitrogen and oxygen atoms in total. The summed E-state index contributed by atoms with van der Waals surface area (Å²) in [6, 6.07) is 12.3. The van der Waals surface area contributed by atoms with Crippen LogP contribution in [-0.2, 0) is 0 Å². The Balaban J connectivity index is 0.000000172. The lowest BCUT2D eigenvalue weighted by molar-refractivity contribution is 0.317. The van der Waals surface area contributed by atoms with Crippen molar-refractivity contribution in [2.24, 2.45) is 0 Å². The van der Waals surface area contributed by atoms with Gasteiger partial charge in [-0.05, 0) is 44.0 Å². The largest absolute Gasteiger partial charge is 0.465 e. The Bertz CT molecular complexity index is 744. The van der Waals surface area contributed by atoms with E-state index in [-0.39, 0.29) is 0 Å². The van der Waals surface area contributed by atoms with Crippen molar-refractivity contribution in [2.45, 2.75) is 20.8 Å². The highest BCUT2D eigenvalue weighted by Gasteiger charge is 2.03. The number of benzene rings is 2. The van der Waals surface area contributed by atoms with Gasteiger partial charge in [0.1, 0.15) is 0 Å². The second-order valence-electron chi connectivity index (χ2n) is 5.02. The van der Waals surface area contributed by atoms with Gasteiger partial charge >= 0.3 is 0 Å². The number of nitrogens with zero attached hydrogens (tertiary/aromatic N) is 1. The highest BCUT2D eigenvalue weighted by molar-refractivity contribution is 5.79. The molecule has 0 aliphatic heterocycles. The number of anilines is 2. The van der Waals surface area contributed by atoms with E-state index >= 15 is 0 Å². The van der Waals surface area contributed by atoms with E-state index < -0.39 is 0 Å². The first-order chi connectivity index (χ1) is 10.5. The second kappa shape index (κ2) is 6.85. The van der Waals surface area contributed by atoms with Crippen LogP contribution in [0.15, 0.2) is 36.4 Å². The number of aryl methyl sites for hydroxylation is 2. The van der Waals surface area contributed by atoms with Crippen LogP contribution in [0.2, 0.25) is 0 Å². The highest BCUT2D eigenvalue weighted by atomic mass is 16.5. The topological polar surface area (TPSA) is 89.9 Å². The van der Waals surface area contributed by atoms with Crippen LogP contribution >= 0.6 is 0 Å². The third kappa shape index (κ3) is 3.49. The number of hydrogen-bond acceptors (Lipinski definition) is 4. The third-order valence-electron chi connectivity index (χ3n) is 3.33. The van der Waals surface area contributed by atoms with E-state index in [0.29, 0.717) is 24.0 Å². The summed E-state index contributed by atoms with van der Waals surface area (Å²) in [6.45, 7) is 6.56. The molecule has 0 aliphatic carbocycles. The van der Waals surface area contributed by atoms with Gasteiger partial charge in [-0.25, -0.2) is 0 Å². The monoisotopic (exact) mass is 298 g/mol. The fraction of sp³-hybridized carbons (Fsp3) is 0.235. The van der Waals surface area contributed by atoms with Gasteiger partial charge in [0, 0.05) is 0 Å². The maximum Gasteiger partial charge on any atom is 0.294 e. The Labute approximate surface area is 130 Å². The molecule has 2 aromatic carbocycles. The molecule has 5 heteroatoms. The van der Waals surface area contributed by atoms with Crippen LogP contribution in [-0.4, -0.2) is 16.6 Å². The molecule has 22 heavy (non-hydrogen) atoms. The zero-order valence-electron chi connectivity index (χ0n) is 13.2. The van der Waals surface area contributed by atoms with Gasteiger partial charge in [0.2, 0.25) is 0 Å². The normalized spacial score (nSPS) is 10.1. The molecule has 5 N–H and O–H groups in total. The molecule has 0 spiro atoms. The minimum Gasteiger partial charge on any atom is -0.465 e. The van der Waals surface area contributed by atoms with E-state index in [4.69, 9.17) is 16.2 Å². The lowest BCUT2D eigenvalue weighted by Crippen LogP contribution is -1.95. The predicted octanol–water partition coefficient (Wildman–Crippen LogP) is 3.43. The van der Waals surface area contributed by atoms with Gasteiger partial charge in [-0.3, -0.25) is 0 Å². The van der Waals surface area contributed by atoms with E-state index in [1.54, 1.807) is 6.07 Å². The Hall–Kier alpha value is -2.69. The Morgan fingerprint density at radius 3 is 2.32 bits per heavy atom. The number of nitrogens with one attached hydrogen (secondary N) is 1. The zero-order valence-corrected chi connectivity index (χ0v) is 13.2. The van der Waals surface area contributed by atoms with E-state index in [2.05, 4.69) is 9.97 Å². The fourth-order valence-corrected chi connectivity index (χ4v) is 2.06. The van der Waals surface area contributed by atoms with Gasteiger partial charge in [-0.2, -0.15) is 4.98 Å². The van der Waals surface area contributed by atoms with E-state index in [9.17, 15) is 0 Å². The first kappa shape index (κ1) is 15.7. The molecule has 0 fully saturated rings. The van der Waals surface area contributed by atoms with Crippen molar-refractivity contribution < 1.29 is 4.74 Å². The zero-order chi connectivity index (χ0) is 16.1. The van der Waals surface area contributed by atoms with Crippen LogP contribution in [0.5, 0.6) is 6.01 Å². The average molecular weight is 298 g/mol. The van der Waals surface area contributed by atoms with Crippen LogP contribution in [0, 0.1) is 13.8 Å². The molecule has 3 aromatic rings. The molecule has 0 aliphatic rings. The number of nitrogens with two attached hydrogens (primary N) is 2. The molecule has 0 saturated carbocycles. The number of fused-ring (bicyclic) bond motifs is 1. The Kier molecular flexibility index (Phi) is 4.88. The number of hydrogen-bond donors (Lipinski definition) is 3. The van der Waals surface area contributed by atoms with Gasteiger partial charge in [0.15, 0.2) is 0 Å². The summed E-state index contributed by atoms with van der Waals surface area (Å²) in [5, 5.41) is 0. The SMILES string of the molecule is CCOc1nc2c(C)cccc2[nH]1.Cc1cccc(N)c1N. The van der Waals surface area contributed by atoms with Crippen LogP contribution in [0.1, 0.15) is 18.1 Å². The molecular weight excluding hydrogens is 276 g/mol. The van der Waals surface area contributed by atoms with Gasteiger partial charge in [-0.15, -0.1) is 0 Å². The number of aromatic nitrogens is 2. The van der Waals surface area contributed by atoms with E-state index in [1.165, 1.54) is 5.56 Å². The van der Waals surface area contributed by atoms with Gasteiger partial charge in [0.05, 0.1) is 29.0 Å². The summed E-state index contributed by atoms with van der Waals surface area (Å²) in [5.74, 6) is 0. The molecule has 0 unspecified atom stereocenters. The van der Waals surface area contributed by atoms with Crippen molar-refractivity contribution in [3.63, 3.8) is 0 Å². The standard InChI is InChI=1S/C10H12N2O.C7H10N2/c1-3-13-10-11-8-6-4-5-7(2)9(8)12-10;1-5-3-2-4-6(8)7(5)9/h4-6H,3H2,1-2H3,(H,11,12);2-4H,8-9H2,1H3. The van der Waals surface area contributed by atoms with Crippen molar-refractivity contribution in [2.75, 3.05) is 18.1 Å². The molecule has 3 rings (SSSR count). The van der Waals surface area contributed by atoms with Gasteiger partial charge < -0.3 is 21.2 Å². The van der Waals surface area contributed by atoms with Crippen LogP contribution < -0.4 is 16.2 Å². The lowest BCUT2D eigenvalue weighted by atomic mass is 10.2. The first-order valence-corrected chi connectivity index (χ1v) is 7.21. The van der Waals surface area contributed by atoms with Crippen LogP contribution in [0.4, 0.5) is 11.4 Å². The van der Waals surface area contributed by atoms with Crippen molar-refractivity contribution in [1.29, 1.82) is 0 Å². The summed E-state index contributed by atoms with van der Waals surface area (Å²) in [4.78, 5) is 7.43. The number of ether oxygens (including phenoxy) is 1. The maximum absolute atomic E-state index is 5.56. The molecule has 1 aromatic heterocycles. The highest BCUT2D eigenvalue weighted by Crippen LogP contribution is 2.18. The fourth-order valence-electron chi connectivity index (χ4n) is 2.06. The van der Waals surface area contributed by atoms with Gasteiger partial charge in [-0.1, -0.05) is 24.3 Å². The van der Waals surface area contributed by atoms with Crippen molar-refractivity contribution >= 4 is 22.4 Å². The number of aromatic amines is 1. The summed E-state index contributed by atoms with van der Waals surface area (Å²) in [6.07, 6.45) is 0. The van der Waals surface area contributed by atoms with E-state index in [1.807, 2.05) is 51.1 Å². The minimum absolute atomic E-state index is 0.604. The van der Waals surface area contributed by atoms with Crippen LogP contribution in [0.25, 0.3) is 11.0 Å². The molecule has 0 radical (unpaired) electrons. The molecule has 0 amide bonds. The number of rotatable bonds is 2. The Morgan fingerprint density at radius 2 is 1.73 bits per heavy atom. The van der Waals surface area contributed by atoms with Crippen molar-refractivity contribution in [1.82, 2.24) is 9.97 Å². The lowest BCUT2D eigenvalue weighted by Gasteiger charge is -2.00. The number of imidazole rings is 1. The molecule has 0 atom stereocenters. The summed E-state index contributed by atoms with van der Waals surface area (Å²) in [7, 11) is 0.